The van der Waals surface area contributed by atoms with Gasteiger partial charge in [-0.15, -0.1) is 0 Å². The average molecular weight is 329 g/mol. The molecule has 2 aliphatic rings. The number of carbonyl (C=O) groups is 2. The van der Waals surface area contributed by atoms with Crippen molar-refractivity contribution < 1.29 is 9.59 Å². The molecule has 0 unspecified atom stereocenters. The van der Waals surface area contributed by atoms with Crippen molar-refractivity contribution in [2.75, 3.05) is 13.1 Å². The Morgan fingerprint density at radius 2 is 2.21 bits per heavy atom. The van der Waals surface area contributed by atoms with E-state index in [0.717, 1.165) is 30.5 Å². The van der Waals surface area contributed by atoms with Crippen molar-refractivity contribution in [3.63, 3.8) is 0 Å². The van der Waals surface area contributed by atoms with E-state index in [1.165, 1.54) is 12.8 Å². The minimum Gasteiger partial charge on any atom is -0.351 e. The molecule has 0 radical (unpaired) electrons. The van der Waals surface area contributed by atoms with E-state index in [9.17, 15) is 9.59 Å². The molecule has 1 saturated carbocycles. The third kappa shape index (κ3) is 4.34. The second-order valence-corrected chi connectivity index (χ2v) is 7.68. The number of carbonyl (C=O) groups excluding carboxylic acids is 2. The number of likely N-dealkylation sites (tertiary alicyclic amines) is 1. The van der Waals surface area contributed by atoms with Crippen LogP contribution in [0, 0.1) is 12.3 Å². The van der Waals surface area contributed by atoms with Gasteiger partial charge in [0.15, 0.2) is 0 Å². The van der Waals surface area contributed by atoms with Gasteiger partial charge in [-0.1, -0.05) is 6.92 Å². The monoisotopic (exact) mass is 329 g/mol. The van der Waals surface area contributed by atoms with Gasteiger partial charge >= 0.3 is 0 Å². The molecule has 0 spiro atoms. The van der Waals surface area contributed by atoms with Crippen LogP contribution in [0.2, 0.25) is 0 Å². The number of amides is 2. The molecule has 1 atom stereocenters. The Labute approximate surface area is 143 Å². The second kappa shape index (κ2) is 6.91. The number of nitrogens with zero attached hydrogens (tertiary/aromatic N) is 2. The van der Waals surface area contributed by atoms with Crippen molar-refractivity contribution >= 4 is 11.8 Å². The molecular formula is C19H27N3O2. The molecule has 2 fully saturated rings. The third-order valence-electron chi connectivity index (χ3n) is 5.45. The van der Waals surface area contributed by atoms with Gasteiger partial charge in [0.05, 0.1) is 6.42 Å². The Morgan fingerprint density at radius 3 is 2.92 bits per heavy atom. The molecule has 1 aliphatic heterocycles. The zero-order valence-corrected chi connectivity index (χ0v) is 14.7. The molecule has 3 rings (SSSR count). The Hall–Kier alpha value is -1.91. The zero-order valence-electron chi connectivity index (χ0n) is 14.7. The van der Waals surface area contributed by atoms with E-state index >= 15 is 0 Å². The van der Waals surface area contributed by atoms with Gasteiger partial charge < -0.3 is 10.2 Å². The molecule has 0 bridgehead atoms. The van der Waals surface area contributed by atoms with E-state index in [1.54, 1.807) is 12.4 Å². The van der Waals surface area contributed by atoms with Crippen LogP contribution in [0.5, 0.6) is 0 Å². The van der Waals surface area contributed by atoms with Crippen LogP contribution in [0.1, 0.15) is 50.2 Å². The molecule has 1 aromatic rings. The van der Waals surface area contributed by atoms with Gasteiger partial charge in [0.2, 0.25) is 11.8 Å². The molecule has 130 valence electrons. The van der Waals surface area contributed by atoms with Crippen LogP contribution in [-0.4, -0.2) is 40.8 Å². The summed E-state index contributed by atoms with van der Waals surface area (Å²) in [5.74, 6) is 0.249. The van der Waals surface area contributed by atoms with Gasteiger partial charge in [-0.2, -0.15) is 0 Å². The molecule has 1 aliphatic carbocycles. The molecule has 5 nitrogen and oxygen atoms in total. The summed E-state index contributed by atoms with van der Waals surface area (Å²) in [6.45, 7) is 5.65. The van der Waals surface area contributed by atoms with Crippen molar-refractivity contribution in [1.29, 1.82) is 0 Å². The summed E-state index contributed by atoms with van der Waals surface area (Å²) < 4.78 is 0. The normalized spacial score (nSPS) is 21.6. The van der Waals surface area contributed by atoms with Gasteiger partial charge in [0.25, 0.3) is 0 Å². The summed E-state index contributed by atoms with van der Waals surface area (Å²) in [6, 6.07) is 1.99. The number of hydrogen-bond donors (Lipinski definition) is 1. The maximum Gasteiger partial charge on any atom is 0.224 e. The number of pyridine rings is 1. The van der Waals surface area contributed by atoms with Crippen LogP contribution in [0.3, 0.4) is 0 Å². The maximum atomic E-state index is 12.3. The van der Waals surface area contributed by atoms with E-state index in [4.69, 9.17) is 0 Å². The highest BCUT2D eigenvalue weighted by atomic mass is 16.2. The predicted octanol–water partition coefficient (Wildman–Crippen LogP) is 2.23. The van der Waals surface area contributed by atoms with Crippen molar-refractivity contribution in [3.8, 4) is 0 Å². The summed E-state index contributed by atoms with van der Waals surface area (Å²) in [7, 11) is 0. The summed E-state index contributed by atoms with van der Waals surface area (Å²) in [4.78, 5) is 30.5. The topological polar surface area (TPSA) is 62.3 Å². The highest BCUT2D eigenvalue weighted by Crippen LogP contribution is 2.48. The Kier molecular flexibility index (Phi) is 4.88. The first kappa shape index (κ1) is 16.9. The van der Waals surface area contributed by atoms with E-state index in [1.807, 2.05) is 17.9 Å². The van der Waals surface area contributed by atoms with E-state index in [0.29, 0.717) is 24.8 Å². The Bertz CT molecular complexity index is 625. The molecule has 24 heavy (non-hydrogen) atoms. The lowest BCUT2D eigenvalue weighted by molar-refractivity contribution is -0.131. The van der Waals surface area contributed by atoms with Crippen molar-refractivity contribution in [3.05, 3.63) is 29.6 Å². The van der Waals surface area contributed by atoms with Crippen molar-refractivity contribution in [2.24, 2.45) is 5.41 Å². The molecule has 2 heterocycles. The van der Waals surface area contributed by atoms with Gasteiger partial charge in [0, 0.05) is 37.9 Å². The summed E-state index contributed by atoms with van der Waals surface area (Å²) >= 11 is 0. The van der Waals surface area contributed by atoms with Gasteiger partial charge in [-0.25, -0.2) is 0 Å². The summed E-state index contributed by atoms with van der Waals surface area (Å²) in [5, 5.41) is 3.06. The molecule has 5 heteroatoms. The largest absolute Gasteiger partial charge is 0.351 e. The first-order valence-electron chi connectivity index (χ1n) is 8.92. The second-order valence-electron chi connectivity index (χ2n) is 7.68. The average Bonchev–Trinajstić information content (AvgIpc) is 3.10. The van der Waals surface area contributed by atoms with Crippen LogP contribution in [0.25, 0.3) is 0 Å². The molecule has 2 amide bonds. The van der Waals surface area contributed by atoms with Crippen LogP contribution in [0.15, 0.2) is 18.5 Å². The van der Waals surface area contributed by atoms with Gasteiger partial charge in [-0.3, -0.25) is 14.6 Å². The van der Waals surface area contributed by atoms with Gasteiger partial charge in [0.1, 0.15) is 0 Å². The summed E-state index contributed by atoms with van der Waals surface area (Å²) in [6.07, 6.45) is 8.84. The number of aromatic nitrogens is 1. The smallest absolute Gasteiger partial charge is 0.224 e. The first-order valence-corrected chi connectivity index (χ1v) is 8.92. The maximum absolute atomic E-state index is 12.3. The van der Waals surface area contributed by atoms with Crippen LogP contribution >= 0.6 is 0 Å². The lowest BCUT2D eigenvalue weighted by atomic mass is 10.0. The SMILES string of the molecule is Cc1ccncc1CC(=O)N[C@H]1CCN(C(=O)CCC2(C)CC2)C1. The number of aryl methyl sites for hydroxylation is 1. The zero-order chi connectivity index (χ0) is 17.2. The number of nitrogens with one attached hydrogen (secondary N) is 1. The first-order chi connectivity index (χ1) is 11.5. The molecule has 1 N–H and O–H groups in total. The minimum absolute atomic E-state index is 0.0101. The van der Waals surface area contributed by atoms with Crippen molar-refractivity contribution in [2.45, 2.75) is 58.4 Å². The van der Waals surface area contributed by atoms with Crippen molar-refractivity contribution in [1.82, 2.24) is 15.2 Å². The molecule has 1 saturated heterocycles. The highest BCUT2D eigenvalue weighted by molar-refractivity contribution is 5.80. The predicted molar refractivity (Wildman–Crippen MR) is 92.4 cm³/mol. The lowest BCUT2D eigenvalue weighted by Gasteiger charge is -2.18. The number of hydrogen-bond acceptors (Lipinski definition) is 3. The minimum atomic E-state index is 0.0101. The van der Waals surface area contributed by atoms with Gasteiger partial charge in [-0.05, 0) is 55.2 Å². The molecule has 1 aromatic heterocycles. The molecular weight excluding hydrogens is 302 g/mol. The van der Waals surface area contributed by atoms with E-state index in [2.05, 4.69) is 17.2 Å². The summed E-state index contributed by atoms with van der Waals surface area (Å²) in [5.41, 5.74) is 2.46. The fraction of sp³-hybridized carbons (Fsp3) is 0.632. The standard InChI is InChI=1S/C19H27N3O2/c1-14-4-9-20-12-15(14)11-17(23)21-16-5-10-22(13-16)18(24)3-6-19(2)7-8-19/h4,9,12,16H,3,5-8,10-11,13H2,1-2H3,(H,21,23)/t16-/m0/s1. The number of rotatable bonds is 6. The van der Waals surface area contributed by atoms with Crippen LogP contribution in [0.4, 0.5) is 0 Å². The lowest BCUT2D eigenvalue weighted by Crippen LogP contribution is -2.39. The fourth-order valence-electron chi connectivity index (χ4n) is 3.27. The van der Waals surface area contributed by atoms with E-state index < -0.39 is 0 Å². The van der Waals surface area contributed by atoms with E-state index in [-0.39, 0.29) is 17.9 Å². The molecule has 0 aromatic carbocycles. The quantitative estimate of drug-likeness (QED) is 0.870. The van der Waals surface area contributed by atoms with Crippen LogP contribution in [-0.2, 0) is 16.0 Å². The highest BCUT2D eigenvalue weighted by Gasteiger charge is 2.38. The van der Waals surface area contributed by atoms with Crippen LogP contribution < -0.4 is 5.32 Å². The Morgan fingerprint density at radius 1 is 1.42 bits per heavy atom. The third-order valence-corrected chi connectivity index (χ3v) is 5.45. The fourth-order valence-corrected chi connectivity index (χ4v) is 3.27. The Balaban J connectivity index is 1.43.